The number of carbonyl (C=O) groups excluding carboxylic acids is 4. The zero-order chi connectivity index (χ0) is 38.3. The van der Waals surface area contributed by atoms with Gasteiger partial charge >= 0.3 is 6.09 Å². The summed E-state index contributed by atoms with van der Waals surface area (Å²) >= 11 is 13.1. The van der Waals surface area contributed by atoms with Crippen LogP contribution in [0.2, 0.25) is 10.0 Å². The molecule has 2 aliphatic heterocycles. The van der Waals surface area contributed by atoms with E-state index in [-0.39, 0.29) is 64.4 Å². The topological polar surface area (TPSA) is 148 Å². The van der Waals surface area contributed by atoms with Crippen LogP contribution in [0.3, 0.4) is 0 Å². The molecule has 1 spiro atoms. The Morgan fingerprint density at radius 2 is 1.69 bits per heavy atom. The van der Waals surface area contributed by atoms with E-state index in [0.717, 1.165) is 11.2 Å². The molecule has 0 unspecified atom stereocenters. The Labute approximate surface area is 312 Å². The Morgan fingerprint density at radius 3 is 2.33 bits per heavy atom. The minimum atomic E-state index is -3.99. The number of amides is 4. The predicted molar refractivity (Wildman–Crippen MR) is 195 cm³/mol. The molecule has 0 aliphatic carbocycles. The Morgan fingerprint density at radius 1 is 1.04 bits per heavy atom. The van der Waals surface area contributed by atoms with Gasteiger partial charge in [-0.25, -0.2) is 27.2 Å². The molecule has 11 nitrogen and oxygen atoms in total. The third-order valence-corrected chi connectivity index (χ3v) is 10.7. The van der Waals surface area contributed by atoms with Gasteiger partial charge in [-0.05, 0) is 84.8 Å². The summed E-state index contributed by atoms with van der Waals surface area (Å²) in [5.74, 6) is -4.02. The number of aryl methyl sites for hydroxylation is 1. The first-order valence-corrected chi connectivity index (χ1v) is 19.4. The Hall–Kier alpha value is -4.20. The largest absolute Gasteiger partial charge is 0.477 e. The molecular weight excluding hydrogens is 736 g/mol. The van der Waals surface area contributed by atoms with Crippen molar-refractivity contribution in [3.8, 4) is 5.75 Å². The smallest absolute Gasteiger partial charge is 0.421 e. The summed E-state index contributed by atoms with van der Waals surface area (Å²) in [6, 6.07) is 11.8. The number of anilines is 1. The van der Waals surface area contributed by atoms with Gasteiger partial charge in [-0.3, -0.25) is 14.4 Å². The molecule has 2 aliphatic rings. The zero-order valence-corrected chi connectivity index (χ0v) is 31.8. The minimum Gasteiger partial charge on any atom is -0.477 e. The molecule has 0 radical (unpaired) electrons. The molecule has 15 heteroatoms. The Balaban J connectivity index is 1.83. The van der Waals surface area contributed by atoms with E-state index in [1.807, 2.05) is 18.6 Å². The van der Waals surface area contributed by atoms with Crippen molar-refractivity contribution >= 4 is 62.7 Å². The summed E-state index contributed by atoms with van der Waals surface area (Å²) in [7, 11) is -3.99. The fraction of sp³-hybridized carbons (Fsp3) is 0.405. The van der Waals surface area contributed by atoms with E-state index in [1.54, 1.807) is 32.9 Å². The van der Waals surface area contributed by atoms with Gasteiger partial charge < -0.3 is 14.8 Å². The van der Waals surface area contributed by atoms with E-state index in [2.05, 4.69) is 5.32 Å². The lowest BCUT2D eigenvalue weighted by Gasteiger charge is -2.47. The van der Waals surface area contributed by atoms with Crippen molar-refractivity contribution in [1.29, 1.82) is 0 Å². The van der Waals surface area contributed by atoms with Gasteiger partial charge in [0.1, 0.15) is 17.0 Å². The van der Waals surface area contributed by atoms with Gasteiger partial charge in [0, 0.05) is 27.9 Å². The second-order valence-electron chi connectivity index (χ2n) is 13.6. The number of piperidine rings is 1. The van der Waals surface area contributed by atoms with Gasteiger partial charge in [0.25, 0.3) is 5.91 Å². The number of halogens is 3. The molecule has 0 bridgehead atoms. The molecule has 2 heterocycles. The molecule has 1 fully saturated rings. The number of nitrogens with one attached hydrogen (secondary N) is 2. The van der Waals surface area contributed by atoms with E-state index in [4.69, 9.17) is 32.7 Å². The molecule has 0 aromatic heterocycles. The second-order valence-corrected chi connectivity index (χ2v) is 16.2. The zero-order valence-electron chi connectivity index (χ0n) is 29.5. The number of rotatable bonds is 10. The number of ether oxygens (including phenoxy) is 2. The molecule has 52 heavy (non-hydrogen) atoms. The number of hydrogen-bond donors (Lipinski definition) is 2. The number of nitrogens with zero attached hydrogens (tertiary/aromatic N) is 1. The highest BCUT2D eigenvalue weighted by molar-refractivity contribution is 7.89. The maximum absolute atomic E-state index is 15.4. The van der Waals surface area contributed by atoms with Gasteiger partial charge in [-0.2, -0.15) is 0 Å². The van der Waals surface area contributed by atoms with Gasteiger partial charge in [0.05, 0.1) is 24.6 Å². The number of sulfonamides is 1. The molecular formula is C37H40Cl2FN3O8S. The predicted octanol–water partition coefficient (Wildman–Crippen LogP) is 6.88. The minimum absolute atomic E-state index is 0.00391. The summed E-state index contributed by atoms with van der Waals surface area (Å²) in [6.45, 7) is 8.69. The van der Waals surface area contributed by atoms with E-state index < -0.39 is 62.6 Å². The van der Waals surface area contributed by atoms with Gasteiger partial charge in [0.15, 0.2) is 5.60 Å². The molecule has 0 saturated carbocycles. The number of imide groups is 1. The molecule has 5 rings (SSSR count). The summed E-state index contributed by atoms with van der Waals surface area (Å²) in [5, 5.41) is 3.33. The van der Waals surface area contributed by atoms with Crippen LogP contribution in [-0.4, -0.2) is 50.7 Å². The van der Waals surface area contributed by atoms with Crippen molar-refractivity contribution in [1.82, 2.24) is 10.0 Å². The maximum Gasteiger partial charge on any atom is 0.421 e. The molecule has 1 saturated heterocycles. The highest BCUT2D eigenvalue weighted by Gasteiger charge is 2.65. The third-order valence-electron chi connectivity index (χ3n) is 9.66. The van der Waals surface area contributed by atoms with E-state index in [1.165, 1.54) is 42.5 Å². The van der Waals surface area contributed by atoms with Crippen molar-refractivity contribution < 1.29 is 41.5 Å². The lowest BCUT2D eigenvalue weighted by Crippen LogP contribution is -2.59. The van der Waals surface area contributed by atoms with Gasteiger partial charge in [0.2, 0.25) is 21.8 Å². The van der Waals surface area contributed by atoms with Crippen LogP contribution in [0.1, 0.15) is 81.2 Å². The summed E-state index contributed by atoms with van der Waals surface area (Å²) in [5.41, 5.74) is -2.15. The molecule has 2 N–H and O–H groups in total. The van der Waals surface area contributed by atoms with Crippen molar-refractivity contribution in [2.24, 2.45) is 5.92 Å². The highest BCUT2D eigenvalue weighted by atomic mass is 35.5. The first-order valence-electron chi connectivity index (χ1n) is 16.8. The number of fused-ring (bicyclic) bond motifs is 2. The van der Waals surface area contributed by atoms with Crippen LogP contribution >= 0.6 is 23.2 Å². The average Bonchev–Trinajstić information content (AvgIpc) is 3.31. The van der Waals surface area contributed by atoms with Crippen molar-refractivity contribution in [2.45, 2.75) is 76.9 Å². The van der Waals surface area contributed by atoms with Crippen molar-refractivity contribution in [3.05, 3.63) is 92.7 Å². The van der Waals surface area contributed by atoms with Crippen LogP contribution in [0.15, 0.2) is 54.6 Å². The maximum atomic E-state index is 15.4. The first-order chi connectivity index (χ1) is 24.4. The fourth-order valence-electron chi connectivity index (χ4n) is 7.15. The van der Waals surface area contributed by atoms with E-state index in [9.17, 15) is 22.8 Å². The van der Waals surface area contributed by atoms with Crippen LogP contribution in [0.5, 0.6) is 5.75 Å². The number of hydrogen-bond acceptors (Lipinski definition) is 8. The normalized spacial score (nSPS) is 20.2. The summed E-state index contributed by atoms with van der Waals surface area (Å²) in [4.78, 5) is 57.5. The van der Waals surface area contributed by atoms with Crippen LogP contribution in [0.4, 0.5) is 14.9 Å². The van der Waals surface area contributed by atoms with Gasteiger partial charge in [-0.1, -0.05) is 63.0 Å². The van der Waals surface area contributed by atoms with Crippen LogP contribution in [0, 0.1) is 18.7 Å². The Bertz CT molecular complexity index is 2060. The number of benzene rings is 3. The summed E-state index contributed by atoms with van der Waals surface area (Å²) in [6.07, 6.45) is -0.402. The first kappa shape index (κ1) is 39.0. The highest BCUT2D eigenvalue weighted by Crippen LogP contribution is 2.61. The molecule has 278 valence electrons. The third kappa shape index (κ3) is 7.10. The van der Waals surface area contributed by atoms with Crippen LogP contribution in [-0.2, 0) is 34.6 Å². The molecule has 4 amide bonds. The fourth-order valence-corrected chi connectivity index (χ4v) is 8.02. The standard InChI is InChI=1S/C37H40Cl2FN3O8S/c1-7-36(8-2,33(45)42-52(6,48)49)51-30-14-11-22(38)15-26(30)28-18-31(44)41-32(25-17-24(40)12-9-21(25)5)37(28)27-13-10-23(39)16-29(27)43(34(37)46)35(47)50-19-20(3)4/h9-17,20,28,32H,7-8,18-19H2,1-6H3,(H,41,44)(H,42,45)/t28-,32+,37-/m1/s1. The van der Waals surface area contributed by atoms with Crippen LogP contribution < -0.4 is 19.7 Å². The van der Waals surface area contributed by atoms with Gasteiger partial charge in [-0.15, -0.1) is 0 Å². The average molecular weight is 777 g/mol. The second kappa shape index (κ2) is 14.7. The Kier molecular flexibility index (Phi) is 11.0. The van der Waals surface area contributed by atoms with Crippen molar-refractivity contribution in [2.75, 3.05) is 17.8 Å². The van der Waals surface area contributed by atoms with E-state index >= 15 is 9.18 Å². The molecule has 3 atom stereocenters. The quantitative estimate of drug-likeness (QED) is 0.227. The van der Waals surface area contributed by atoms with Crippen molar-refractivity contribution in [3.63, 3.8) is 0 Å². The number of carbonyl (C=O) groups is 4. The monoisotopic (exact) mass is 775 g/mol. The summed E-state index contributed by atoms with van der Waals surface area (Å²) < 4.78 is 53.4. The SMILES string of the molecule is CCC(CC)(Oc1ccc(Cl)cc1[C@H]1CC(=O)N[C@@H](c2cc(F)ccc2C)[C@]12C(=O)N(C(=O)OCC(C)C)c1cc(Cl)ccc12)C(=O)NS(C)(=O)=O. The molecule has 3 aromatic carbocycles. The molecule has 3 aromatic rings. The lowest BCUT2D eigenvalue weighted by molar-refractivity contribution is -0.136. The van der Waals surface area contributed by atoms with Crippen LogP contribution in [0.25, 0.3) is 0 Å². The van der Waals surface area contributed by atoms with E-state index in [0.29, 0.717) is 11.1 Å². The lowest BCUT2D eigenvalue weighted by atomic mass is 9.58.